The fourth-order valence-corrected chi connectivity index (χ4v) is 4.26. The fraction of sp³-hybridized carbons (Fsp3) is 0.650. The number of piperazine rings is 1. The van der Waals surface area contributed by atoms with Gasteiger partial charge in [0.2, 0.25) is 5.91 Å². The van der Waals surface area contributed by atoms with Crippen LogP contribution in [0.15, 0.2) is 24.3 Å². The molecule has 1 amide bonds. The van der Waals surface area contributed by atoms with E-state index >= 15 is 0 Å². The van der Waals surface area contributed by atoms with Crippen LogP contribution >= 0.6 is 0 Å². The molecule has 5 heteroatoms. The van der Waals surface area contributed by atoms with Crippen molar-refractivity contribution < 1.29 is 9.90 Å². The predicted octanol–water partition coefficient (Wildman–Crippen LogP) is 2.69. The first-order chi connectivity index (χ1) is 12.0. The molecule has 138 valence electrons. The second-order valence-corrected chi connectivity index (χ2v) is 7.59. The molecule has 2 aliphatic rings. The highest BCUT2D eigenvalue weighted by atomic mass is 16.3. The first kappa shape index (κ1) is 18.1. The van der Waals surface area contributed by atoms with Crippen molar-refractivity contribution in [2.24, 2.45) is 0 Å². The summed E-state index contributed by atoms with van der Waals surface area (Å²) in [7, 11) is 0. The first-order valence-corrected chi connectivity index (χ1v) is 9.57. The third kappa shape index (κ3) is 3.92. The Morgan fingerprint density at radius 2 is 1.60 bits per heavy atom. The number of benzene rings is 1. The van der Waals surface area contributed by atoms with E-state index in [1.54, 1.807) is 12.1 Å². The zero-order chi connectivity index (χ0) is 18.0. The minimum absolute atomic E-state index is 0.0510. The minimum atomic E-state index is -0.0510. The minimum Gasteiger partial charge on any atom is -0.508 e. The highest BCUT2D eigenvalue weighted by Crippen LogP contribution is 2.25. The zero-order valence-electron chi connectivity index (χ0n) is 15.7. The van der Waals surface area contributed by atoms with Crippen molar-refractivity contribution in [1.29, 1.82) is 0 Å². The molecule has 2 fully saturated rings. The van der Waals surface area contributed by atoms with E-state index < -0.39 is 0 Å². The number of nitrogens with zero attached hydrogens (tertiary/aromatic N) is 3. The molecule has 1 aromatic carbocycles. The number of piperidine rings is 1. The molecule has 2 aliphatic heterocycles. The highest BCUT2D eigenvalue weighted by Gasteiger charge is 2.34. The van der Waals surface area contributed by atoms with E-state index in [-0.39, 0.29) is 11.9 Å². The van der Waals surface area contributed by atoms with Crippen LogP contribution in [-0.2, 0) is 4.79 Å². The van der Waals surface area contributed by atoms with Gasteiger partial charge in [-0.2, -0.15) is 0 Å². The predicted molar refractivity (Wildman–Crippen MR) is 101 cm³/mol. The number of aromatic hydroxyl groups is 1. The van der Waals surface area contributed by atoms with Crippen LogP contribution in [0, 0.1) is 0 Å². The number of anilines is 1. The van der Waals surface area contributed by atoms with E-state index in [0.717, 1.165) is 44.7 Å². The Morgan fingerprint density at radius 3 is 2.16 bits per heavy atom. The Kier molecular flexibility index (Phi) is 5.52. The van der Waals surface area contributed by atoms with Gasteiger partial charge in [0.1, 0.15) is 5.75 Å². The molecule has 0 radical (unpaired) electrons. The van der Waals surface area contributed by atoms with Gasteiger partial charge in [-0.1, -0.05) is 0 Å². The summed E-state index contributed by atoms with van der Waals surface area (Å²) in [6.45, 7) is 10.0. The molecule has 3 atom stereocenters. The Bertz CT molecular complexity index is 571. The number of rotatable bonds is 3. The van der Waals surface area contributed by atoms with Crippen molar-refractivity contribution in [3.63, 3.8) is 0 Å². The Hall–Kier alpha value is -1.75. The second kappa shape index (κ2) is 7.65. The van der Waals surface area contributed by atoms with Gasteiger partial charge in [0.15, 0.2) is 0 Å². The van der Waals surface area contributed by atoms with Crippen molar-refractivity contribution in [3.8, 4) is 5.75 Å². The highest BCUT2D eigenvalue weighted by molar-refractivity contribution is 5.82. The summed E-state index contributed by atoms with van der Waals surface area (Å²) in [5.41, 5.74) is 1.13. The number of likely N-dealkylation sites (tertiary alicyclic amines) is 1. The quantitative estimate of drug-likeness (QED) is 0.915. The van der Waals surface area contributed by atoms with Crippen molar-refractivity contribution in [1.82, 2.24) is 9.80 Å². The molecular formula is C20H31N3O2. The van der Waals surface area contributed by atoms with Gasteiger partial charge < -0.3 is 14.9 Å². The molecule has 2 saturated heterocycles. The summed E-state index contributed by atoms with van der Waals surface area (Å²) >= 11 is 0. The van der Waals surface area contributed by atoms with E-state index in [4.69, 9.17) is 0 Å². The van der Waals surface area contributed by atoms with Crippen LogP contribution in [0.25, 0.3) is 0 Å². The molecule has 0 aliphatic carbocycles. The molecule has 5 nitrogen and oxygen atoms in total. The van der Waals surface area contributed by atoms with Crippen molar-refractivity contribution in [3.05, 3.63) is 24.3 Å². The standard InChI is InChI=1S/C20H31N3O2/c1-15-5-4-6-16(2)23(15)20(25)17(3)21-11-13-22(14-12-21)18-7-9-19(24)10-8-18/h7-10,15-17,24H,4-6,11-14H2,1-3H3/t15-,16+,17-/m1/s1. The van der Waals surface area contributed by atoms with Crippen LogP contribution in [0.5, 0.6) is 5.75 Å². The number of amides is 1. The summed E-state index contributed by atoms with van der Waals surface area (Å²) in [5.74, 6) is 0.587. The lowest BCUT2D eigenvalue weighted by atomic mass is 9.96. The summed E-state index contributed by atoms with van der Waals surface area (Å²) < 4.78 is 0. The normalized spacial score (nSPS) is 26.5. The van der Waals surface area contributed by atoms with Crippen LogP contribution in [0.1, 0.15) is 40.0 Å². The smallest absolute Gasteiger partial charge is 0.240 e. The third-order valence-corrected chi connectivity index (χ3v) is 5.88. The fourth-order valence-electron chi connectivity index (χ4n) is 4.26. The Morgan fingerprint density at radius 1 is 1.04 bits per heavy atom. The summed E-state index contributed by atoms with van der Waals surface area (Å²) in [6, 6.07) is 8.03. The average molecular weight is 345 g/mol. The molecule has 1 N–H and O–H groups in total. The van der Waals surface area contributed by atoms with Crippen LogP contribution in [0.4, 0.5) is 5.69 Å². The number of hydrogen-bond donors (Lipinski definition) is 1. The van der Waals surface area contributed by atoms with E-state index in [0.29, 0.717) is 17.8 Å². The molecule has 2 heterocycles. The molecule has 0 saturated carbocycles. The van der Waals surface area contributed by atoms with E-state index in [1.165, 1.54) is 6.42 Å². The first-order valence-electron chi connectivity index (χ1n) is 9.57. The van der Waals surface area contributed by atoms with Gasteiger partial charge in [-0.05, 0) is 64.3 Å². The van der Waals surface area contributed by atoms with E-state index in [2.05, 4.69) is 35.5 Å². The largest absolute Gasteiger partial charge is 0.508 e. The third-order valence-electron chi connectivity index (χ3n) is 5.88. The van der Waals surface area contributed by atoms with E-state index in [9.17, 15) is 9.90 Å². The van der Waals surface area contributed by atoms with Crippen molar-refractivity contribution in [2.45, 2.75) is 58.2 Å². The number of phenolic OH excluding ortho intramolecular Hbond substituents is 1. The van der Waals surface area contributed by atoms with Crippen molar-refractivity contribution in [2.75, 3.05) is 31.1 Å². The van der Waals surface area contributed by atoms with Gasteiger partial charge in [0.05, 0.1) is 6.04 Å². The molecular weight excluding hydrogens is 314 g/mol. The molecule has 0 bridgehead atoms. The Balaban J connectivity index is 1.58. The van der Waals surface area contributed by atoms with Gasteiger partial charge in [-0.25, -0.2) is 0 Å². The average Bonchev–Trinajstić information content (AvgIpc) is 2.61. The number of hydrogen-bond acceptors (Lipinski definition) is 4. The number of carbonyl (C=O) groups is 1. The van der Waals surface area contributed by atoms with Crippen molar-refractivity contribution >= 4 is 11.6 Å². The molecule has 0 unspecified atom stereocenters. The number of phenols is 1. The summed E-state index contributed by atoms with van der Waals surface area (Å²) in [4.78, 5) is 19.8. The molecule has 0 spiro atoms. The van der Waals surface area contributed by atoms with Crippen LogP contribution in [0.2, 0.25) is 0 Å². The SMILES string of the molecule is C[C@H](C(=O)N1[C@H](C)CCC[C@@H]1C)N1CCN(c2ccc(O)cc2)CC1. The Labute approximate surface area is 151 Å². The van der Waals surface area contributed by atoms with Gasteiger partial charge in [-0.15, -0.1) is 0 Å². The summed E-state index contributed by atoms with van der Waals surface area (Å²) in [5, 5.41) is 9.43. The molecule has 25 heavy (non-hydrogen) atoms. The molecule has 3 rings (SSSR count). The lowest BCUT2D eigenvalue weighted by Crippen LogP contribution is -2.58. The maximum absolute atomic E-state index is 13.1. The van der Waals surface area contributed by atoms with E-state index in [1.807, 2.05) is 12.1 Å². The zero-order valence-corrected chi connectivity index (χ0v) is 15.7. The van der Waals surface area contributed by atoms with Gasteiger partial charge >= 0.3 is 0 Å². The van der Waals surface area contributed by atoms with Gasteiger partial charge in [0, 0.05) is 44.0 Å². The van der Waals surface area contributed by atoms with Crippen LogP contribution < -0.4 is 4.90 Å². The topological polar surface area (TPSA) is 47.0 Å². The maximum Gasteiger partial charge on any atom is 0.240 e. The lowest BCUT2D eigenvalue weighted by molar-refractivity contribution is -0.142. The second-order valence-electron chi connectivity index (χ2n) is 7.59. The van der Waals surface area contributed by atoms with Gasteiger partial charge in [-0.3, -0.25) is 9.69 Å². The summed E-state index contributed by atoms with van der Waals surface area (Å²) in [6.07, 6.45) is 3.47. The lowest BCUT2D eigenvalue weighted by Gasteiger charge is -2.44. The van der Waals surface area contributed by atoms with Gasteiger partial charge in [0.25, 0.3) is 0 Å². The molecule has 0 aromatic heterocycles. The maximum atomic E-state index is 13.1. The van der Waals surface area contributed by atoms with Crippen LogP contribution in [-0.4, -0.2) is 65.1 Å². The number of carbonyl (C=O) groups excluding carboxylic acids is 1. The molecule has 1 aromatic rings. The monoisotopic (exact) mass is 345 g/mol. The van der Waals surface area contributed by atoms with Crippen LogP contribution in [0.3, 0.4) is 0 Å².